The smallest absolute Gasteiger partial charge is 0.0747 e. The Kier molecular flexibility index (Phi) is 10.8. The first-order chi connectivity index (χ1) is 7.81. The van der Waals surface area contributed by atoms with E-state index in [4.69, 9.17) is 11.7 Å². The van der Waals surface area contributed by atoms with Gasteiger partial charge in [0.1, 0.15) is 0 Å². The maximum atomic E-state index is 4.90. The molecule has 0 unspecified atom stereocenters. The molecule has 0 aliphatic rings. The number of hydrogen-bond acceptors (Lipinski definition) is 6. The average molecular weight is 230 g/mol. The third-order valence-electron chi connectivity index (χ3n) is 2.03. The van der Waals surface area contributed by atoms with Crippen molar-refractivity contribution in [3.63, 3.8) is 0 Å². The molecule has 0 spiro atoms. The van der Waals surface area contributed by atoms with Crippen molar-refractivity contribution in [3.05, 3.63) is 0 Å². The molecule has 0 atom stereocenters. The van der Waals surface area contributed by atoms with E-state index >= 15 is 0 Å². The minimum atomic E-state index is 0.628. The van der Waals surface area contributed by atoms with Gasteiger partial charge in [0, 0.05) is 13.1 Å². The van der Waals surface area contributed by atoms with E-state index < -0.39 is 0 Å². The zero-order chi connectivity index (χ0) is 12.1. The summed E-state index contributed by atoms with van der Waals surface area (Å²) in [5.41, 5.74) is 0. The summed E-state index contributed by atoms with van der Waals surface area (Å²) in [6.07, 6.45) is 1.08. The highest BCUT2D eigenvalue weighted by molar-refractivity contribution is 4.55. The van der Waals surface area contributed by atoms with Crippen LogP contribution in [0, 0.1) is 0 Å². The Morgan fingerprint density at radius 1 is 1.00 bits per heavy atom. The highest BCUT2D eigenvalue weighted by Gasteiger charge is 1.96. The van der Waals surface area contributed by atoms with Crippen molar-refractivity contribution in [1.29, 1.82) is 0 Å². The predicted octanol–water partition coefficient (Wildman–Crippen LogP) is -0.450. The average Bonchev–Trinajstić information content (AvgIpc) is 2.28. The van der Waals surface area contributed by atoms with E-state index in [2.05, 4.69) is 37.9 Å². The van der Waals surface area contributed by atoms with Crippen LogP contribution in [0.5, 0.6) is 0 Å². The fourth-order valence-corrected chi connectivity index (χ4v) is 1.17. The van der Waals surface area contributed by atoms with Crippen molar-refractivity contribution in [1.82, 2.24) is 10.2 Å². The lowest BCUT2D eigenvalue weighted by atomic mass is 10.4. The summed E-state index contributed by atoms with van der Waals surface area (Å²) in [6, 6.07) is 0. The van der Waals surface area contributed by atoms with Gasteiger partial charge < -0.3 is 21.9 Å². The van der Waals surface area contributed by atoms with Crippen molar-refractivity contribution in [2.75, 3.05) is 46.3 Å². The summed E-state index contributed by atoms with van der Waals surface area (Å²) in [5, 5.41) is 17.0. The molecule has 5 N–H and O–H groups in total. The first kappa shape index (κ1) is 14.7. The number of nitrogens with one attached hydrogen (secondary N) is 1. The first-order valence-corrected chi connectivity index (χ1v) is 5.34. The molecule has 0 aliphatic heterocycles. The largest absolute Gasteiger partial charge is 0.315 e. The van der Waals surface area contributed by atoms with Gasteiger partial charge in [0.15, 0.2) is 0 Å². The van der Waals surface area contributed by atoms with Crippen molar-refractivity contribution < 1.29 is 0 Å². The van der Waals surface area contributed by atoms with Crippen LogP contribution in [0.2, 0.25) is 0 Å². The molecule has 0 radical (unpaired) electrons. The van der Waals surface area contributed by atoms with Crippen LogP contribution >= 0.6 is 0 Å². The number of hydrogen-bond donors (Lipinski definition) is 3. The van der Waals surface area contributed by atoms with E-state index in [0.717, 1.165) is 32.6 Å². The quantitative estimate of drug-likeness (QED) is 0.204. The zero-order valence-electron chi connectivity index (χ0n) is 9.84. The molecule has 0 rings (SSSR count). The topological polar surface area (TPSA) is 117 Å². The van der Waals surface area contributed by atoms with Crippen LogP contribution in [0.3, 0.4) is 0 Å². The first-order valence-electron chi connectivity index (χ1n) is 5.34. The minimum Gasteiger partial charge on any atom is -0.315 e. The fourth-order valence-electron chi connectivity index (χ4n) is 1.17. The molecule has 0 saturated heterocycles. The van der Waals surface area contributed by atoms with Gasteiger partial charge in [0.2, 0.25) is 0 Å². The normalized spacial score (nSPS) is 12.1. The Bertz CT molecular complexity index is 192. The van der Waals surface area contributed by atoms with Gasteiger partial charge in [-0.25, -0.2) is 0 Å². The van der Waals surface area contributed by atoms with Gasteiger partial charge in [-0.3, -0.25) is 0 Å². The Balaban J connectivity index is 3.17. The van der Waals surface area contributed by atoms with Crippen LogP contribution in [-0.2, 0) is 0 Å². The lowest BCUT2D eigenvalue weighted by molar-refractivity contribution is 0.334. The maximum absolute atomic E-state index is 4.90. The van der Waals surface area contributed by atoms with E-state index in [9.17, 15) is 0 Å². The molecule has 0 aromatic heterocycles. The van der Waals surface area contributed by atoms with E-state index in [1.807, 2.05) is 0 Å². The van der Waals surface area contributed by atoms with Crippen molar-refractivity contribution in [2.24, 2.45) is 32.4 Å². The molecule has 94 valence electrons. The lowest BCUT2D eigenvalue weighted by Crippen LogP contribution is -2.27. The zero-order valence-corrected chi connectivity index (χ0v) is 9.84. The van der Waals surface area contributed by atoms with Gasteiger partial charge in [-0.1, -0.05) is 10.4 Å². The molecule has 0 aromatic carbocycles. The van der Waals surface area contributed by atoms with E-state index in [-0.39, 0.29) is 0 Å². The standard InChI is InChI=1S/C8H22N8/c1-16(8-6-13-15-10)7-2-3-11-4-5-12-14-9/h11H,2-8H2,1H3,(H2,9,12)(H2,10,13). The molecule has 0 bridgehead atoms. The number of nitrogens with two attached hydrogens (primary N) is 2. The summed E-state index contributed by atoms with van der Waals surface area (Å²) < 4.78 is 0. The molecule has 8 heteroatoms. The van der Waals surface area contributed by atoms with Crippen LogP contribution < -0.4 is 17.0 Å². The summed E-state index contributed by atoms with van der Waals surface area (Å²) in [5.74, 6) is 9.76. The Hall–Kier alpha value is -1.28. The molecule has 0 aromatic rings. The van der Waals surface area contributed by atoms with Gasteiger partial charge in [-0.2, -0.15) is 10.2 Å². The summed E-state index contributed by atoms with van der Waals surface area (Å²) in [6.45, 7) is 4.95. The molecular weight excluding hydrogens is 208 g/mol. The number of likely N-dealkylation sites (N-methyl/N-ethyl adjacent to an activating group) is 1. The Morgan fingerprint density at radius 2 is 1.69 bits per heavy atom. The van der Waals surface area contributed by atoms with Crippen LogP contribution in [0.15, 0.2) is 20.7 Å². The van der Waals surface area contributed by atoms with Crippen molar-refractivity contribution in [2.45, 2.75) is 6.42 Å². The predicted molar refractivity (Wildman–Crippen MR) is 62.8 cm³/mol. The number of nitrogens with zero attached hydrogens (tertiary/aromatic N) is 5. The Labute approximate surface area is 96.1 Å². The van der Waals surface area contributed by atoms with Crippen molar-refractivity contribution >= 4 is 0 Å². The molecule has 0 amide bonds. The van der Waals surface area contributed by atoms with Crippen LogP contribution in [0.1, 0.15) is 6.42 Å². The second-order valence-corrected chi connectivity index (χ2v) is 3.37. The lowest BCUT2D eigenvalue weighted by Gasteiger charge is -2.14. The molecule has 0 fully saturated rings. The molecule has 0 heterocycles. The number of rotatable bonds is 10. The molecule has 0 aliphatic carbocycles. The van der Waals surface area contributed by atoms with Gasteiger partial charge in [-0.15, -0.1) is 0 Å². The second-order valence-electron chi connectivity index (χ2n) is 3.37. The fraction of sp³-hybridized carbons (Fsp3) is 1.00. The highest BCUT2D eigenvalue weighted by Crippen LogP contribution is 1.86. The van der Waals surface area contributed by atoms with Crippen LogP contribution in [0.25, 0.3) is 0 Å². The minimum absolute atomic E-state index is 0.628. The van der Waals surface area contributed by atoms with Gasteiger partial charge >= 0.3 is 0 Å². The van der Waals surface area contributed by atoms with Gasteiger partial charge in [0.05, 0.1) is 13.1 Å². The Morgan fingerprint density at radius 3 is 2.38 bits per heavy atom. The van der Waals surface area contributed by atoms with Crippen LogP contribution in [-0.4, -0.2) is 51.2 Å². The third-order valence-corrected chi connectivity index (χ3v) is 2.03. The monoisotopic (exact) mass is 230 g/mol. The van der Waals surface area contributed by atoms with Crippen LogP contribution in [0.4, 0.5) is 0 Å². The van der Waals surface area contributed by atoms with Gasteiger partial charge in [-0.05, 0) is 26.6 Å². The van der Waals surface area contributed by atoms with E-state index in [0.29, 0.717) is 13.1 Å². The van der Waals surface area contributed by atoms with E-state index in [1.54, 1.807) is 0 Å². The third kappa shape index (κ3) is 10.8. The molecule has 8 nitrogen and oxygen atoms in total. The maximum Gasteiger partial charge on any atom is 0.0747 e. The van der Waals surface area contributed by atoms with E-state index in [1.165, 1.54) is 0 Å². The van der Waals surface area contributed by atoms with Gasteiger partial charge in [0.25, 0.3) is 0 Å². The molecular formula is C8H22N8. The highest BCUT2D eigenvalue weighted by atomic mass is 15.3. The molecule has 16 heavy (non-hydrogen) atoms. The molecule has 0 saturated carbocycles. The summed E-state index contributed by atoms with van der Waals surface area (Å²) in [4.78, 5) is 2.19. The SMILES string of the molecule is CN(CCCNCCN=NN)CCN=NN. The second kappa shape index (κ2) is 11.8. The summed E-state index contributed by atoms with van der Waals surface area (Å²) in [7, 11) is 2.05. The van der Waals surface area contributed by atoms with Crippen molar-refractivity contribution in [3.8, 4) is 0 Å². The summed E-state index contributed by atoms with van der Waals surface area (Å²) >= 11 is 0.